The van der Waals surface area contributed by atoms with E-state index < -0.39 is 23.4 Å². The number of hydrogen-bond acceptors (Lipinski definition) is 3. The number of carbonyl (C=O) groups is 2. The number of rotatable bonds is 4. The highest BCUT2D eigenvalue weighted by Gasteiger charge is 2.18. The molecular formula is C15H14F2N2O2S. The van der Waals surface area contributed by atoms with Gasteiger partial charge >= 0.3 is 0 Å². The predicted molar refractivity (Wildman–Crippen MR) is 81.2 cm³/mol. The van der Waals surface area contributed by atoms with Crippen LogP contribution in [0.4, 0.5) is 13.8 Å². The summed E-state index contributed by atoms with van der Waals surface area (Å²) in [5, 5.41) is 2.82. The van der Waals surface area contributed by atoms with Crippen LogP contribution in [0.25, 0.3) is 0 Å². The normalized spacial score (nSPS) is 10.8. The van der Waals surface area contributed by atoms with Gasteiger partial charge in [0.1, 0.15) is 5.00 Å². The summed E-state index contributed by atoms with van der Waals surface area (Å²) >= 11 is 1.23. The molecule has 0 aliphatic rings. The van der Waals surface area contributed by atoms with Crippen molar-refractivity contribution in [2.75, 3.05) is 5.32 Å². The summed E-state index contributed by atoms with van der Waals surface area (Å²) in [6.07, 6.45) is 0. The SMILES string of the molecule is CC(C)c1cc(C(N)=O)c(NC(=O)c2ccc(F)c(F)c2)s1. The Hall–Kier alpha value is -2.28. The smallest absolute Gasteiger partial charge is 0.256 e. The Labute approximate surface area is 129 Å². The van der Waals surface area contributed by atoms with Crippen LogP contribution in [-0.4, -0.2) is 11.8 Å². The molecule has 0 spiro atoms. The predicted octanol–water partition coefficient (Wildman–Crippen LogP) is 3.50. The van der Waals surface area contributed by atoms with Crippen molar-refractivity contribution in [3.8, 4) is 0 Å². The van der Waals surface area contributed by atoms with E-state index >= 15 is 0 Å². The maximum atomic E-state index is 13.2. The van der Waals surface area contributed by atoms with E-state index in [4.69, 9.17) is 5.73 Å². The van der Waals surface area contributed by atoms with Gasteiger partial charge in [-0.05, 0) is 30.2 Å². The molecule has 2 rings (SSSR count). The van der Waals surface area contributed by atoms with Gasteiger partial charge in [0.25, 0.3) is 11.8 Å². The molecule has 1 aromatic heterocycles. The molecule has 0 aliphatic heterocycles. The number of halogens is 2. The van der Waals surface area contributed by atoms with Crippen LogP contribution >= 0.6 is 11.3 Å². The molecule has 0 saturated heterocycles. The van der Waals surface area contributed by atoms with Gasteiger partial charge in [0, 0.05) is 10.4 Å². The van der Waals surface area contributed by atoms with Crippen molar-refractivity contribution in [2.24, 2.45) is 5.73 Å². The number of carbonyl (C=O) groups excluding carboxylic acids is 2. The van der Waals surface area contributed by atoms with Crippen LogP contribution in [-0.2, 0) is 0 Å². The molecule has 0 fully saturated rings. The third-order valence-corrected chi connectivity index (χ3v) is 4.35. The van der Waals surface area contributed by atoms with Gasteiger partial charge in [-0.2, -0.15) is 0 Å². The van der Waals surface area contributed by atoms with E-state index in [2.05, 4.69) is 5.32 Å². The van der Waals surface area contributed by atoms with E-state index in [9.17, 15) is 18.4 Å². The van der Waals surface area contributed by atoms with Gasteiger partial charge < -0.3 is 11.1 Å². The van der Waals surface area contributed by atoms with Crippen LogP contribution in [0.3, 0.4) is 0 Å². The lowest BCUT2D eigenvalue weighted by Crippen LogP contribution is -2.16. The van der Waals surface area contributed by atoms with Crippen molar-refractivity contribution >= 4 is 28.2 Å². The Morgan fingerprint density at radius 2 is 1.86 bits per heavy atom. The molecule has 1 heterocycles. The van der Waals surface area contributed by atoms with Crippen molar-refractivity contribution in [3.05, 3.63) is 51.9 Å². The molecule has 116 valence electrons. The van der Waals surface area contributed by atoms with E-state index in [1.54, 1.807) is 6.07 Å². The Morgan fingerprint density at radius 1 is 1.18 bits per heavy atom. The maximum Gasteiger partial charge on any atom is 0.256 e. The first-order chi connectivity index (χ1) is 10.3. The van der Waals surface area contributed by atoms with Crippen molar-refractivity contribution in [1.82, 2.24) is 0 Å². The Kier molecular flexibility index (Phi) is 4.56. The first-order valence-corrected chi connectivity index (χ1v) is 7.31. The monoisotopic (exact) mass is 324 g/mol. The summed E-state index contributed by atoms with van der Waals surface area (Å²) in [6, 6.07) is 4.45. The van der Waals surface area contributed by atoms with Crippen molar-refractivity contribution < 1.29 is 18.4 Å². The second kappa shape index (κ2) is 6.23. The number of nitrogens with one attached hydrogen (secondary N) is 1. The zero-order chi connectivity index (χ0) is 16.4. The summed E-state index contributed by atoms with van der Waals surface area (Å²) in [5.41, 5.74) is 5.44. The Balaban J connectivity index is 2.31. The molecule has 0 atom stereocenters. The summed E-state index contributed by atoms with van der Waals surface area (Å²) < 4.78 is 26.1. The molecule has 0 saturated carbocycles. The standard InChI is InChI=1S/C15H14F2N2O2S/c1-7(2)12-6-9(13(18)20)15(22-12)19-14(21)8-3-4-10(16)11(17)5-8/h3-7H,1-2H3,(H2,18,20)(H,19,21). The van der Waals surface area contributed by atoms with E-state index in [1.165, 1.54) is 11.3 Å². The molecule has 2 amide bonds. The van der Waals surface area contributed by atoms with Gasteiger partial charge in [-0.25, -0.2) is 8.78 Å². The minimum Gasteiger partial charge on any atom is -0.366 e. The lowest BCUT2D eigenvalue weighted by molar-refractivity contribution is 0.100. The fraction of sp³-hybridized carbons (Fsp3) is 0.200. The fourth-order valence-electron chi connectivity index (χ4n) is 1.78. The number of thiophene rings is 1. The molecule has 2 aromatic rings. The number of amides is 2. The van der Waals surface area contributed by atoms with E-state index in [0.29, 0.717) is 5.00 Å². The van der Waals surface area contributed by atoms with Gasteiger partial charge in [-0.3, -0.25) is 9.59 Å². The lowest BCUT2D eigenvalue weighted by atomic mass is 10.1. The van der Waals surface area contributed by atoms with Gasteiger partial charge in [-0.15, -0.1) is 11.3 Å². The molecule has 0 unspecified atom stereocenters. The van der Waals surface area contributed by atoms with Crippen molar-refractivity contribution in [1.29, 1.82) is 0 Å². The number of primary amides is 1. The molecule has 0 radical (unpaired) electrons. The minimum atomic E-state index is -1.11. The zero-order valence-corrected chi connectivity index (χ0v) is 12.8. The topological polar surface area (TPSA) is 72.2 Å². The second-order valence-corrected chi connectivity index (χ2v) is 6.08. The quantitative estimate of drug-likeness (QED) is 0.903. The Morgan fingerprint density at radius 3 is 2.41 bits per heavy atom. The van der Waals surface area contributed by atoms with Crippen LogP contribution in [0.2, 0.25) is 0 Å². The summed E-state index contributed by atoms with van der Waals surface area (Å²) in [7, 11) is 0. The summed E-state index contributed by atoms with van der Waals surface area (Å²) in [5.74, 6) is -3.29. The molecule has 4 nitrogen and oxygen atoms in total. The molecular weight excluding hydrogens is 310 g/mol. The van der Waals surface area contributed by atoms with Crippen LogP contribution in [0.1, 0.15) is 45.4 Å². The van der Waals surface area contributed by atoms with Gasteiger partial charge in [0.05, 0.1) is 5.56 Å². The van der Waals surface area contributed by atoms with Crippen LogP contribution < -0.4 is 11.1 Å². The van der Waals surface area contributed by atoms with Crippen LogP contribution in [0, 0.1) is 11.6 Å². The van der Waals surface area contributed by atoms with Crippen molar-refractivity contribution in [2.45, 2.75) is 19.8 Å². The average Bonchev–Trinajstić information content (AvgIpc) is 2.86. The molecule has 0 aliphatic carbocycles. The largest absolute Gasteiger partial charge is 0.366 e. The molecule has 3 N–H and O–H groups in total. The third-order valence-electron chi connectivity index (χ3n) is 2.99. The Bertz CT molecular complexity index is 741. The van der Waals surface area contributed by atoms with Crippen LogP contribution in [0.5, 0.6) is 0 Å². The summed E-state index contributed by atoms with van der Waals surface area (Å²) in [6.45, 7) is 3.88. The highest BCUT2D eigenvalue weighted by Crippen LogP contribution is 2.33. The minimum absolute atomic E-state index is 0.0474. The first kappa shape index (κ1) is 16.1. The molecule has 7 heteroatoms. The van der Waals surface area contributed by atoms with E-state index in [0.717, 1.165) is 23.1 Å². The first-order valence-electron chi connectivity index (χ1n) is 6.49. The van der Waals surface area contributed by atoms with Crippen LogP contribution in [0.15, 0.2) is 24.3 Å². The third kappa shape index (κ3) is 3.30. The molecule has 22 heavy (non-hydrogen) atoms. The highest BCUT2D eigenvalue weighted by molar-refractivity contribution is 7.16. The van der Waals surface area contributed by atoms with E-state index in [1.807, 2.05) is 13.8 Å². The second-order valence-electron chi connectivity index (χ2n) is 4.99. The lowest BCUT2D eigenvalue weighted by Gasteiger charge is -2.05. The van der Waals surface area contributed by atoms with Gasteiger partial charge in [0.15, 0.2) is 11.6 Å². The van der Waals surface area contributed by atoms with Gasteiger partial charge in [0.2, 0.25) is 0 Å². The highest BCUT2D eigenvalue weighted by atomic mass is 32.1. The number of nitrogens with two attached hydrogens (primary N) is 1. The molecule has 0 bridgehead atoms. The average molecular weight is 324 g/mol. The number of anilines is 1. The zero-order valence-electron chi connectivity index (χ0n) is 11.9. The van der Waals surface area contributed by atoms with Gasteiger partial charge in [-0.1, -0.05) is 13.8 Å². The van der Waals surface area contributed by atoms with E-state index in [-0.39, 0.29) is 17.0 Å². The van der Waals surface area contributed by atoms with Crippen molar-refractivity contribution in [3.63, 3.8) is 0 Å². The fourth-order valence-corrected chi connectivity index (χ4v) is 2.84. The number of hydrogen-bond donors (Lipinski definition) is 2. The number of benzene rings is 1. The maximum absolute atomic E-state index is 13.2. The summed E-state index contributed by atoms with van der Waals surface area (Å²) in [4.78, 5) is 24.4. The molecule has 1 aromatic carbocycles.